The summed E-state index contributed by atoms with van der Waals surface area (Å²) in [6.07, 6.45) is 11.3. The molecule has 0 aliphatic heterocycles. The second kappa shape index (κ2) is 8.13. The number of rotatable bonds is 0. The molecule has 0 fully saturated rings. The van der Waals surface area contributed by atoms with E-state index in [0.29, 0.717) is 11.1 Å². The minimum Gasteiger partial charge on any atom is -0.115 e. The van der Waals surface area contributed by atoms with Gasteiger partial charge in [-0.15, -0.1) is 12.8 Å². The molecule has 0 N–H and O–H groups in total. The number of hydrogen-bond acceptors (Lipinski definition) is 0. The highest BCUT2D eigenvalue weighted by Crippen LogP contribution is 2.15. The molecular weight excluding hydrogens is 312 g/mol. The van der Waals surface area contributed by atoms with E-state index in [9.17, 15) is 0 Å². The summed E-state index contributed by atoms with van der Waals surface area (Å²) >= 11 is 0. The molecule has 3 rings (SSSR count). The third-order valence-electron chi connectivity index (χ3n) is 3.70. The average molecular weight is 326 g/mol. The fourth-order valence-corrected chi connectivity index (χ4v) is 2.37. The molecule has 0 aliphatic rings. The maximum absolute atomic E-state index is 5.64. The van der Waals surface area contributed by atoms with Crippen molar-refractivity contribution in [1.29, 1.82) is 0 Å². The molecule has 0 saturated carbocycles. The highest BCUT2D eigenvalue weighted by Gasteiger charge is 2.05. The first-order valence-corrected chi connectivity index (χ1v) is 8.05. The Labute approximate surface area is 154 Å². The fourth-order valence-electron chi connectivity index (χ4n) is 2.37. The maximum Gasteiger partial charge on any atom is 0.0418 e. The van der Waals surface area contributed by atoms with Crippen molar-refractivity contribution in [3.8, 4) is 48.4 Å². The minimum atomic E-state index is 0.673. The summed E-state index contributed by atoms with van der Waals surface area (Å²) in [5, 5.41) is 0. The molecule has 0 aliphatic carbocycles. The molecule has 0 heteroatoms. The van der Waals surface area contributed by atoms with Crippen LogP contribution in [0.2, 0.25) is 0 Å². The molecule has 0 atom stereocenters. The van der Waals surface area contributed by atoms with Crippen molar-refractivity contribution in [2.45, 2.75) is 0 Å². The summed E-state index contributed by atoms with van der Waals surface area (Å²) in [5.41, 5.74) is 4.68. The number of benzene rings is 3. The van der Waals surface area contributed by atoms with Gasteiger partial charge in [0.1, 0.15) is 0 Å². The Kier molecular flexibility index (Phi) is 5.24. The van der Waals surface area contributed by atoms with Crippen LogP contribution in [-0.4, -0.2) is 0 Å². The molecule has 0 unspecified atom stereocenters. The van der Waals surface area contributed by atoms with Crippen LogP contribution >= 0.6 is 0 Å². The van der Waals surface area contributed by atoms with Gasteiger partial charge in [0.05, 0.1) is 0 Å². The van der Waals surface area contributed by atoms with Gasteiger partial charge < -0.3 is 0 Å². The van der Waals surface area contributed by atoms with Crippen molar-refractivity contribution in [2.24, 2.45) is 0 Å². The molecule has 0 amide bonds. The van der Waals surface area contributed by atoms with Gasteiger partial charge in [-0.25, -0.2) is 0 Å². The fraction of sp³-hybridized carbons (Fsp3) is 0. The van der Waals surface area contributed by atoms with Crippen molar-refractivity contribution in [1.82, 2.24) is 0 Å². The van der Waals surface area contributed by atoms with Crippen LogP contribution in [0.3, 0.4) is 0 Å². The lowest BCUT2D eigenvalue weighted by molar-refractivity contribution is 1.51. The van der Waals surface area contributed by atoms with Gasteiger partial charge in [-0.2, -0.15) is 0 Å². The lowest BCUT2D eigenvalue weighted by Gasteiger charge is -2.02. The maximum atomic E-state index is 5.64. The van der Waals surface area contributed by atoms with Crippen molar-refractivity contribution >= 4 is 0 Å². The summed E-state index contributed by atoms with van der Waals surface area (Å²) in [6, 6.07) is 23.2. The second-order valence-corrected chi connectivity index (χ2v) is 5.46. The van der Waals surface area contributed by atoms with Crippen LogP contribution in [0.4, 0.5) is 0 Å². The van der Waals surface area contributed by atoms with E-state index in [0.717, 1.165) is 22.3 Å². The summed E-state index contributed by atoms with van der Waals surface area (Å²) < 4.78 is 0. The van der Waals surface area contributed by atoms with Crippen molar-refractivity contribution < 1.29 is 0 Å². The second-order valence-electron chi connectivity index (χ2n) is 5.46. The van der Waals surface area contributed by atoms with Gasteiger partial charge >= 0.3 is 0 Å². The molecule has 118 valence electrons. The first-order chi connectivity index (χ1) is 12.8. The molecule has 0 nitrogen and oxygen atoms in total. The molecule has 0 aromatic heterocycles. The Balaban J connectivity index is 2.06. The quantitative estimate of drug-likeness (QED) is 0.536. The summed E-state index contributed by atoms with van der Waals surface area (Å²) in [4.78, 5) is 0. The first-order valence-electron chi connectivity index (χ1n) is 8.05. The van der Waals surface area contributed by atoms with Gasteiger partial charge in [-0.05, 0) is 36.4 Å². The monoisotopic (exact) mass is 326 g/mol. The highest BCUT2D eigenvalue weighted by molar-refractivity contribution is 5.62. The van der Waals surface area contributed by atoms with Crippen LogP contribution in [-0.2, 0) is 0 Å². The van der Waals surface area contributed by atoms with E-state index in [1.165, 1.54) is 0 Å². The lowest BCUT2D eigenvalue weighted by Crippen LogP contribution is -1.92. The Bertz CT molecular complexity index is 1040. The smallest absolute Gasteiger partial charge is 0.0418 e. The van der Waals surface area contributed by atoms with E-state index < -0.39 is 0 Å². The van der Waals surface area contributed by atoms with Crippen LogP contribution in [0.15, 0.2) is 72.8 Å². The van der Waals surface area contributed by atoms with Crippen LogP contribution in [0.5, 0.6) is 0 Å². The minimum absolute atomic E-state index is 0.673. The Morgan fingerprint density at radius 3 is 1.23 bits per heavy atom. The molecule has 26 heavy (non-hydrogen) atoms. The Hall–Kier alpha value is -4.10. The zero-order chi connectivity index (χ0) is 18.2. The molecule has 0 bridgehead atoms. The number of hydrogen-bond donors (Lipinski definition) is 0. The van der Waals surface area contributed by atoms with Gasteiger partial charge in [-0.3, -0.25) is 0 Å². The predicted octanol–water partition coefficient (Wildman–Crippen LogP) is 4.45. The largest absolute Gasteiger partial charge is 0.115 e. The normalized spacial score (nSPS) is 8.85. The van der Waals surface area contributed by atoms with Crippen LogP contribution < -0.4 is 0 Å². The summed E-state index contributed by atoms with van der Waals surface area (Å²) in [7, 11) is 0. The molecule has 0 spiro atoms. The van der Waals surface area contributed by atoms with Gasteiger partial charge in [-0.1, -0.05) is 71.9 Å². The van der Waals surface area contributed by atoms with E-state index >= 15 is 0 Å². The average Bonchev–Trinajstić information content (AvgIpc) is 2.72. The van der Waals surface area contributed by atoms with E-state index in [2.05, 4.69) is 35.5 Å². The van der Waals surface area contributed by atoms with E-state index in [1.807, 2.05) is 66.7 Å². The molecule has 0 heterocycles. The SMILES string of the molecule is C#Cc1cc(C#C)c(C#Cc2ccccc2)cc1C#Cc1ccccc1. The Morgan fingerprint density at radius 2 is 0.846 bits per heavy atom. The molecule has 3 aromatic rings. The highest BCUT2D eigenvalue weighted by atomic mass is 14.1. The van der Waals surface area contributed by atoms with Gasteiger partial charge in [0.25, 0.3) is 0 Å². The van der Waals surface area contributed by atoms with E-state index in [4.69, 9.17) is 12.8 Å². The molecule has 0 saturated heterocycles. The third-order valence-corrected chi connectivity index (χ3v) is 3.70. The Morgan fingerprint density at radius 1 is 0.462 bits per heavy atom. The van der Waals surface area contributed by atoms with E-state index in [-0.39, 0.29) is 0 Å². The molecular formula is C26H14. The topological polar surface area (TPSA) is 0 Å². The van der Waals surface area contributed by atoms with Crippen molar-refractivity contribution in [2.75, 3.05) is 0 Å². The summed E-state index contributed by atoms with van der Waals surface area (Å²) in [6.45, 7) is 0. The van der Waals surface area contributed by atoms with E-state index in [1.54, 1.807) is 6.07 Å². The van der Waals surface area contributed by atoms with Crippen LogP contribution in [0.25, 0.3) is 0 Å². The molecule has 3 aromatic carbocycles. The van der Waals surface area contributed by atoms with Gasteiger partial charge in [0, 0.05) is 33.4 Å². The molecule has 0 radical (unpaired) electrons. The van der Waals surface area contributed by atoms with Crippen LogP contribution in [0, 0.1) is 48.4 Å². The van der Waals surface area contributed by atoms with Crippen LogP contribution in [0.1, 0.15) is 33.4 Å². The first kappa shape index (κ1) is 16.7. The number of terminal acetylenes is 2. The predicted molar refractivity (Wildman–Crippen MR) is 107 cm³/mol. The summed E-state index contributed by atoms with van der Waals surface area (Å²) in [5.74, 6) is 17.9. The zero-order valence-electron chi connectivity index (χ0n) is 14.1. The van der Waals surface area contributed by atoms with Gasteiger partial charge in [0.2, 0.25) is 0 Å². The van der Waals surface area contributed by atoms with Crippen molar-refractivity contribution in [3.05, 3.63) is 106 Å². The lowest BCUT2D eigenvalue weighted by atomic mass is 9.98. The van der Waals surface area contributed by atoms with Crippen molar-refractivity contribution in [3.63, 3.8) is 0 Å². The zero-order valence-corrected chi connectivity index (χ0v) is 14.1. The van der Waals surface area contributed by atoms with Gasteiger partial charge in [0.15, 0.2) is 0 Å². The third kappa shape index (κ3) is 4.05. The standard InChI is InChI=1S/C26H14/c1-3-23-19-24(4-2)26(18-16-22-13-9-6-10-14-22)20-25(23)17-15-21-11-7-5-8-12-21/h1-2,5-14,19-20H.